The second-order valence-corrected chi connectivity index (χ2v) is 6.06. The Morgan fingerprint density at radius 2 is 1.82 bits per heavy atom. The first-order valence-electron chi connectivity index (χ1n) is 7.98. The van der Waals surface area contributed by atoms with E-state index in [-0.39, 0.29) is 5.54 Å². The van der Waals surface area contributed by atoms with Crippen LogP contribution in [0.2, 0.25) is 0 Å². The minimum Gasteiger partial charge on any atom is -0.493 e. The molecular weight excluding hydrogens is 276 g/mol. The predicted octanol–water partition coefficient (Wildman–Crippen LogP) is 3.40. The number of ether oxygens (including phenoxy) is 2. The molecule has 0 radical (unpaired) electrons. The first-order valence-corrected chi connectivity index (χ1v) is 7.98. The van der Waals surface area contributed by atoms with Gasteiger partial charge in [-0.3, -0.25) is 4.90 Å². The average molecular weight is 302 g/mol. The Balaban J connectivity index is 2.01. The molecular formula is C18H26N2O2. The van der Waals surface area contributed by atoms with Crippen LogP contribution in [-0.2, 0) is 6.42 Å². The van der Waals surface area contributed by atoms with E-state index >= 15 is 0 Å². The fraction of sp³-hybridized carbons (Fsp3) is 0.611. The highest BCUT2D eigenvalue weighted by atomic mass is 16.5. The molecule has 4 nitrogen and oxygen atoms in total. The van der Waals surface area contributed by atoms with Crippen molar-refractivity contribution in [1.29, 1.82) is 5.26 Å². The molecule has 0 aliphatic heterocycles. The van der Waals surface area contributed by atoms with Crippen LogP contribution in [0.15, 0.2) is 18.2 Å². The molecule has 0 unspecified atom stereocenters. The Morgan fingerprint density at radius 3 is 2.41 bits per heavy atom. The van der Waals surface area contributed by atoms with Crippen LogP contribution in [-0.4, -0.2) is 38.3 Å². The number of hydrogen-bond acceptors (Lipinski definition) is 4. The van der Waals surface area contributed by atoms with Gasteiger partial charge < -0.3 is 9.47 Å². The minimum absolute atomic E-state index is 0.269. The molecule has 22 heavy (non-hydrogen) atoms. The Hall–Kier alpha value is -1.73. The highest BCUT2D eigenvalue weighted by Gasteiger charge is 2.35. The lowest BCUT2D eigenvalue weighted by Crippen LogP contribution is -2.47. The number of likely N-dealkylation sites (N-methyl/N-ethyl adjacent to an activating group) is 1. The standard InChI is InChI=1S/C18H26N2O2/c1-20(18(14-19)10-5-4-6-11-18)12-9-15-7-8-16(21-2)17(13-15)22-3/h7-8,13H,4-6,9-12H2,1-3H3. The van der Waals surface area contributed by atoms with Crippen LogP contribution >= 0.6 is 0 Å². The first kappa shape index (κ1) is 16.6. The van der Waals surface area contributed by atoms with Crippen LogP contribution in [0, 0.1) is 11.3 Å². The van der Waals surface area contributed by atoms with Gasteiger partial charge in [-0.2, -0.15) is 5.26 Å². The molecule has 1 aromatic rings. The number of methoxy groups -OCH3 is 2. The van der Waals surface area contributed by atoms with Crippen molar-refractivity contribution in [3.63, 3.8) is 0 Å². The lowest BCUT2D eigenvalue weighted by molar-refractivity contribution is 0.129. The van der Waals surface area contributed by atoms with Crippen molar-refractivity contribution < 1.29 is 9.47 Å². The normalized spacial score (nSPS) is 17.0. The van der Waals surface area contributed by atoms with Gasteiger partial charge in [0.15, 0.2) is 11.5 Å². The summed E-state index contributed by atoms with van der Waals surface area (Å²) in [6.45, 7) is 0.878. The molecule has 0 bridgehead atoms. The molecule has 1 aromatic carbocycles. The van der Waals surface area contributed by atoms with Gasteiger partial charge in [0, 0.05) is 6.54 Å². The predicted molar refractivity (Wildman–Crippen MR) is 87.3 cm³/mol. The van der Waals surface area contributed by atoms with Crippen molar-refractivity contribution in [3.05, 3.63) is 23.8 Å². The number of rotatable bonds is 6. The highest BCUT2D eigenvalue weighted by molar-refractivity contribution is 5.42. The largest absolute Gasteiger partial charge is 0.493 e. The van der Waals surface area contributed by atoms with E-state index in [4.69, 9.17) is 9.47 Å². The van der Waals surface area contributed by atoms with Gasteiger partial charge >= 0.3 is 0 Å². The number of nitriles is 1. The summed E-state index contributed by atoms with van der Waals surface area (Å²) in [5, 5.41) is 9.63. The van der Waals surface area contributed by atoms with Crippen LogP contribution in [0.5, 0.6) is 11.5 Å². The van der Waals surface area contributed by atoms with Gasteiger partial charge in [-0.1, -0.05) is 25.3 Å². The number of hydrogen-bond donors (Lipinski definition) is 0. The Bertz CT molecular complexity index is 530. The maximum atomic E-state index is 9.63. The molecule has 1 aliphatic rings. The van der Waals surface area contributed by atoms with Gasteiger partial charge in [-0.25, -0.2) is 0 Å². The Kier molecular flexibility index (Phi) is 5.68. The van der Waals surface area contributed by atoms with Crippen molar-refractivity contribution in [2.75, 3.05) is 27.8 Å². The fourth-order valence-electron chi connectivity index (χ4n) is 3.26. The summed E-state index contributed by atoms with van der Waals surface area (Å²) in [7, 11) is 5.38. The molecule has 0 saturated heterocycles. The third-order valence-corrected chi connectivity index (χ3v) is 4.80. The fourth-order valence-corrected chi connectivity index (χ4v) is 3.26. The van der Waals surface area contributed by atoms with Crippen molar-refractivity contribution >= 4 is 0 Å². The zero-order valence-electron chi connectivity index (χ0n) is 13.9. The molecule has 4 heteroatoms. The van der Waals surface area contributed by atoms with Crippen LogP contribution < -0.4 is 9.47 Å². The van der Waals surface area contributed by atoms with E-state index in [0.717, 1.165) is 50.1 Å². The minimum atomic E-state index is -0.269. The van der Waals surface area contributed by atoms with E-state index in [9.17, 15) is 5.26 Å². The van der Waals surface area contributed by atoms with E-state index in [1.165, 1.54) is 12.0 Å². The van der Waals surface area contributed by atoms with Gasteiger partial charge in [0.25, 0.3) is 0 Å². The smallest absolute Gasteiger partial charge is 0.160 e. The quantitative estimate of drug-likeness (QED) is 0.808. The lowest BCUT2D eigenvalue weighted by Gasteiger charge is -2.39. The molecule has 1 saturated carbocycles. The summed E-state index contributed by atoms with van der Waals surface area (Å²) in [6.07, 6.45) is 6.47. The summed E-state index contributed by atoms with van der Waals surface area (Å²) in [5.74, 6) is 1.51. The maximum Gasteiger partial charge on any atom is 0.160 e. The van der Waals surface area contributed by atoms with Crippen LogP contribution in [0.4, 0.5) is 0 Å². The third-order valence-electron chi connectivity index (χ3n) is 4.80. The summed E-state index contributed by atoms with van der Waals surface area (Å²) in [5.41, 5.74) is 0.933. The molecule has 0 atom stereocenters. The SMILES string of the molecule is COc1ccc(CCN(C)C2(C#N)CCCCC2)cc1OC. The second kappa shape index (κ2) is 7.51. The van der Waals surface area contributed by atoms with Crippen LogP contribution in [0.25, 0.3) is 0 Å². The van der Waals surface area contributed by atoms with Crippen molar-refractivity contribution in [2.24, 2.45) is 0 Å². The van der Waals surface area contributed by atoms with E-state index < -0.39 is 0 Å². The third kappa shape index (κ3) is 3.53. The van der Waals surface area contributed by atoms with Crippen LogP contribution in [0.1, 0.15) is 37.7 Å². The van der Waals surface area contributed by atoms with E-state index in [1.54, 1.807) is 14.2 Å². The first-order chi connectivity index (χ1) is 10.6. The summed E-state index contributed by atoms with van der Waals surface area (Å²) >= 11 is 0. The van der Waals surface area contributed by atoms with Gasteiger partial charge in [0.05, 0.1) is 20.3 Å². The maximum absolute atomic E-state index is 9.63. The monoisotopic (exact) mass is 302 g/mol. The zero-order chi connectivity index (χ0) is 16.0. The van der Waals surface area contributed by atoms with Crippen molar-refractivity contribution in [3.8, 4) is 17.6 Å². The average Bonchev–Trinajstić information content (AvgIpc) is 2.59. The topological polar surface area (TPSA) is 45.5 Å². The van der Waals surface area contributed by atoms with E-state index in [2.05, 4.69) is 24.1 Å². The van der Waals surface area contributed by atoms with Gasteiger partial charge in [0.1, 0.15) is 5.54 Å². The molecule has 0 heterocycles. The molecule has 1 aliphatic carbocycles. The summed E-state index contributed by atoms with van der Waals surface area (Å²) < 4.78 is 10.6. The molecule has 1 fully saturated rings. The molecule has 0 amide bonds. The molecule has 0 N–H and O–H groups in total. The molecule has 0 aromatic heterocycles. The van der Waals surface area contributed by atoms with Gasteiger partial charge in [0.2, 0.25) is 0 Å². The van der Waals surface area contributed by atoms with Crippen molar-refractivity contribution in [1.82, 2.24) is 4.90 Å². The van der Waals surface area contributed by atoms with Gasteiger partial charge in [-0.15, -0.1) is 0 Å². The molecule has 120 valence electrons. The van der Waals surface area contributed by atoms with E-state index in [0.29, 0.717) is 0 Å². The summed E-state index contributed by atoms with van der Waals surface area (Å²) in [6, 6.07) is 8.60. The Morgan fingerprint density at radius 1 is 1.14 bits per heavy atom. The molecule has 0 spiro atoms. The highest BCUT2D eigenvalue weighted by Crippen LogP contribution is 2.33. The Labute approximate surface area is 133 Å². The number of nitrogens with zero attached hydrogens (tertiary/aromatic N) is 2. The van der Waals surface area contributed by atoms with Gasteiger partial charge in [-0.05, 0) is 44.0 Å². The molecule has 2 rings (SSSR count). The lowest BCUT2D eigenvalue weighted by atomic mass is 9.81. The zero-order valence-corrected chi connectivity index (χ0v) is 13.9. The second-order valence-electron chi connectivity index (χ2n) is 6.06. The summed E-state index contributed by atoms with van der Waals surface area (Å²) in [4.78, 5) is 2.24. The van der Waals surface area contributed by atoms with Crippen molar-refractivity contribution in [2.45, 2.75) is 44.1 Å². The van der Waals surface area contributed by atoms with E-state index in [1.807, 2.05) is 12.1 Å². The number of benzene rings is 1. The van der Waals surface area contributed by atoms with Crippen LogP contribution in [0.3, 0.4) is 0 Å².